The first-order valence-electron chi connectivity index (χ1n) is 9.66. The fourth-order valence-electron chi connectivity index (χ4n) is 3.80. The Hall–Kier alpha value is -2.92. The van der Waals surface area contributed by atoms with Gasteiger partial charge in [0.25, 0.3) is 0 Å². The molecule has 0 aliphatic carbocycles. The number of pyridine rings is 1. The van der Waals surface area contributed by atoms with Crippen molar-refractivity contribution in [2.45, 2.75) is 32.1 Å². The highest BCUT2D eigenvalue weighted by Gasteiger charge is 2.17. The number of hydrogen-bond donors (Lipinski definition) is 1. The summed E-state index contributed by atoms with van der Waals surface area (Å²) in [6, 6.07) is 15.5. The van der Waals surface area contributed by atoms with Crippen molar-refractivity contribution < 1.29 is 8.42 Å². The van der Waals surface area contributed by atoms with Gasteiger partial charge in [-0.3, -0.25) is 0 Å². The second-order valence-corrected chi connectivity index (χ2v) is 9.76. The number of benzene rings is 2. The van der Waals surface area contributed by atoms with Gasteiger partial charge in [-0.05, 0) is 62.1 Å². The molecule has 0 fully saturated rings. The first-order valence-corrected chi connectivity index (χ1v) is 11.3. The van der Waals surface area contributed by atoms with Crippen LogP contribution in [0, 0.1) is 20.8 Å². The van der Waals surface area contributed by atoms with Gasteiger partial charge in [-0.15, -0.1) is 0 Å². The van der Waals surface area contributed by atoms with Crippen LogP contribution in [0.5, 0.6) is 0 Å². The molecule has 0 saturated heterocycles. The van der Waals surface area contributed by atoms with E-state index in [1.54, 1.807) is 18.3 Å². The minimum absolute atomic E-state index is 0.0597. The fraction of sp³-hybridized carbons (Fsp3) is 0.208. The van der Waals surface area contributed by atoms with Crippen molar-refractivity contribution in [3.63, 3.8) is 0 Å². The van der Waals surface area contributed by atoms with E-state index in [1.165, 1.54) is 11.1 Å². The van der Waals surface area contributed by atoms with Crippen LogP contribution in [0.25, 0.3) is 22.2 Å². The number of sulfone groups is 1. The lowest BCUT2D eigenvalue weighted by atomic mass is 9.97. The molecule has 2 aromatic carbocycles. The zero-order valence-corrected chi connectivity index (χ0v) is 17.7. The third kappa shape index (κ3) is 3.96. The standard InChI is InChI=1S/C24H24N2O2S/c1-16-4-6-21(7-5-16)29(27,28)11-9-19-15-26-24-23(19)22(8-10-25-24)20-13-17(2)12-18(3)14-20/h4-8,10,12-15H,9,11H2,1-3H3,(H,25,26). The Morgan fingerprint density at radius 1 is 0.897 bits per heavy atom. The monoisotopic (exact) mass is 404 g/mol. The molecule has 5 heteroatoms. The van der Waals surface area contributed by atoms with E-state index < -0.39 is 9.84 Å². The van der Waals surface area contributed by atoms with Crippen LogP contribution in [-0.4, -0.2) is 24.1 Å². The van der Waals surface area contributed by atoms with Gasteiger partial charge in [0.2, 0.25) is 0 Å². The number of nitrogens with one attached hydrogen (secondary N) is 1. The van der Waals surface area contributed by atoms with E-state index in [4.69, 9.17) is 0 Å². The second kappa shape index (κ2) is 7.48. The molecule has 4 nitrogen and oxygen atoms in total. The molecule has 0 spiro atoms. The molecule has 0 aliphatic rings. The summed E-state index contributed by atoms with van der Waals surface area (Å²) in [6.07, 6.45) is 4.10. The lowest BCUT2D eigenvalue weighted by Gasteiger charge is -2.09. The fourth-order valence-corrected chi connectivity index (χ4v) is 5.07. The van der Waals surface area contributed by atoms with E-state index >= 15 is 0 Å². The molecule has 0 bridgehead atoms. The van der Waals surface area contributed by atoms with E-state index in [-0.39, 0.29) is 5.75 Å². The van der Waals surface area contributed by atoms with Crippen molar-refractivity contribution in [1.29, 1.82) is 0 Å². The smallest absolute Gasteiger partial charge is 0.178 e. The summed E-state index contributed by atoms with van der Waals surface area (Å²) in [5.41, 5.74) is 7.39. The Kier molecular flexibility index (Phi) is 5.01. The summed E-state index contributed by atoms with van der Waals surface area (Å²) in [6.45, 7) is 6.12. The number of fused-ring (bicyclic) bond motifs is 1. The molecule has 1 N–H and O–H groups in total. The number of nitrogens with zero attached hydrogens (tertiary/aromatic N) is 1. The van der Waals surface area contributed by atoms with Crippen LogP contribution in [0.15, 0.2) is 65.8 Å². The van der Waals surface area contributed by atoms with Crippen molar-refractivity contribution in [3.8, 4) is 11.1 Å². The summed E-state index contributed by atoms with van der Waals surface area (Å²) in [7, 11) is -3.35. The molecule has 29 heavy (non-hydrogen) atoms. The molecular formula is C24H24N2O2S. The number of hydrogen-bond acceptors (Lipinski definition) is 3. The maximum Gasteiger partial charge on any atom is 0.178 e. The van der Waals surface area contributed by atoms with Gasteiger partial charge in [-0.1, -0.05) is 47.0 Å². The van der Waals surface area contributed by atoms with Crippen LogP contribution in [0.3, 0.4) is 0 Å². The maximum absolute atomic E-state index is 12.8. The topological polar surface area (TPSA) is 62.8 Å². The van der Waals surface area contributed by atoms with E-state index in [0.29, 0.717) is 11.3 Å². The van der Waals surface area contributed by atoms with Crippen LogP contribution in [0.2, 0.25) is 0 Å². The number of aromatic nitrogens is 2. The largest absolute Gasteiger partial charge is 0.346 e. The van der Waals surface area contributed by atoms with Crippen molar-refractivity contribution >= 4 is 20.9 Å². The normalized spacial score (nSPS) is 11.8. The summed E-state index contributed by atoms with van der Waals surface area (Å²) in [5.74, 6) is 0.0597. The molecule has 0 saturated carbocycles. The minimum Gasteiger partial charge on any atom is -0.346 e. The van der Waals surface area contributed by atoms with Gasteiger partial charge >= 0.3 is 0 Å². The Morgan fingerprint density at radius 2 is 1.59 bits per heavy atom. The van der Waals surface area contributed by atoms with Crippen LogP contribution in [-0.2, 0) is 16.3 Å². The van der Waals surface area contributed by atoms with E-state index in [0.717, 1.165) is 33.3 Å². The number of aromatic amines is 1. The molecule has 4 aromatic rings. The molecule has 148 valence electrons. The van der Waals surface area contributed by atoms with Crippen molar-refractivity contribution in [3.05, 3.63) is 83.2 Å². The van der Waals surface area contributed by atoms with Crippen molar-refractivity contribution in [1.82, 2.24) is 9.97 Å². The predicted molar refractivity (Wildman–Crippen MR) is 118 cm³/mol. The molecule has 2 heterocycles. The number of aryl methyl sites for hydroxylation is 4. The summed E-state index contributed by atoms with van der Waals surface area (Å²) in [5, 5.41) is 0.997. The zero-order valence-electron chi connectivity index (χ0n) is 16.9. The summed E-state index contributed by atoms with van der Waals surface area (Å²) < 4.78 is 25.6. The van der Waals surface area contributed by atoms with E-state index in [2.05, 4.69) is 42.0 Å². The Labute approximate surface area is 171 Å². The average molecular weight is 405 g/mol. The zero-order chi connectivity index (χ0) is 20.6. The molecule has 0 atom stereocenters. The summed E-state index contributed by atoms with van der Waals surface area (Å²) in [4.78, 5) is 8.02. The summed E-state index contributed by atoms with van der Waals surface area (Å²) >= 11 is 0. The number of rotatable bonds is 5. The third-order valence-corrected chi connectivity index (χ3v) is 6.94. The Morgan fingerprint density at radius 3 is 2.28 bits per heavy atom. The van der Waals surface area contributed by atoms with Crippen LogP contribution < -0.4 is 0 Å². The highest BCUT2D eigenvalue weighted by atomic mass is 32.2. The second-order valence-electron chi connectivity index (χ2n) is 7.65. The molecule has 0 radical (unpaired) electrons. The minimum atomic E-state index is -3.35. The lowest BCUT2D eigenvalue weighted by molar-refractivity contribution is 0.595. The van der Waals surface area contributed by atoms with Crippen LogP contribution >= 0.6 is 0 Å². The Bertz CT molecular complexity index is 1270. The van der Waals surface area contributed by atoms with Gasteiger partial charge in [0.1, 0.15) is 5.65 Å². The first-order chi connectivity index (χ1) is 13.8. The van der Waals surface area contributed by atoms with Gasteiger partial charge in [0, 0.05) is 17.8 Å². The molecule has 0 aliphatic heterocycles. The molecular weight excluding hydrogens is 380 g/mol. The van der Waals surface area contributed by atoms with Gasteiger partial charge in [0.05, 0.1) is 10.6 Å². The molecule has 0 amide bonds. The SMILES string of the molecule is Cc1ccc(S(=O)(=O)CCc2c[nH]c3nccc(-c4cc(C)cc(C)c4)c23)cc1. The first kappa shape index (κ1) is 19.4. The van der Waals surface area contributed by atoms with Crippen molar-refractivity contribution in [2.75, 3.05) is 5.75 Å². The van der Waals surface area contributed by atoms with Crippen LogP contribution in [0.1, 0.15) is 22.3 Å². The predicted octanol–water partition coefficient (Wildman–Crippen LogP) is 5.17. The van der Waals surface area contributed by atoms with Gasteiger partial charge in [-0.2, -0.15) is 0 Å². The van der Waals surface area contributed by atoms with E-state index in [1.807, 2.05) is 31.3 Å². The number of H-pyrrole nitrogens is 1. The van der Waals surface area contributed by atoms with Gasteiger partial charge in [0.15, 0.2) is 9.84 Å². The third-order valence-electron chi connectivity index (χ3n) is 5.21. The quantitative estimate of drug-likeness (QED) is 0.499. The lowest BCUT2D eigenvalue weighted by Crippen LogP contribution is -2.09. The van der Waals surface area contributed by atoms with Crippen LogP contribution in [0.4, 0.5) is 0 Å². The highest BCUT2D eigenvalue weighted by molar-refractivity contribution is 7.91. The molecule has 2 aromatic heterocycles. The Balaban J connectivity index is 1.71. The molecule has 0 unspecified atom stereocenters. The van der Waals surface area contributed by atoms with Crippen molar-refractivity contribution in [2.24, 2.45) is 0 Å². The van der Waals surface area contributed by atoms with Gasteiger partial charge in [-0.25, -0.2) is 13.4 Å². The maximum atomic E-state index is 12.8. The van der Waals surface area contributed by atoms with Gasteiger partial charge < -0.3 is 4.98 Å². The average Bonchev–Trinajstić information content (AvgIpc) is 3.09. The highest BCUT2D eigenvalue weighted by Crippen LogP contribution is 2.32. The molecule has 4 rings (SSSR count). The van der Waals surface area contributed by atoms with E-state index in [9.17, 15) is 8.42 Å².